The molecular weight excluding hydrogens is 224 g/mol. The summed E-state index contributed by atoms with van der Waals surface area (Å²) < 4.78 is 0. The van der Waals surface area contributed by atoms with E-state index in [-0.39, 0.29) is 0 Å². The second-order valence-corrected chi connectivity index (χ2v) is 4.70. The van der Waals surface area contributed by atoms with Crippen LogP contribution >= 0.6 is 0 Å². The number of hydrogen-bond donors (Lipinski definition) is 1. The predicted molar refractivity (Wildman–Crippen MR) is 72.3 cm³/mol. The van der Waals surface area contributed by atoms with Crippen molar-refractivity contribution in [2.75, 3.05) is 25.0 Å². The Balaban J connectivity index is 1.91. The van der Waals surface area contributed by atoms with Crippen LogP contribution < -0.4 is 5.32 Å². The van der Waals surface area contributed by atoms with Gasteiger partial charge in [-0.05, 0) is 38.1 Å². The van der Waals surface area contributed by atoms with Gasteiger partial charge in [-0.15, -0.1) is 0 Å². The SMILES string of the molecule is CCN1CCCC[C@@H]1CNc1cc(C#N)ccn1. The maximum absolute atomic E-state index is 8.85. The summed E-state index contributed by atoms with van der Waals surface area (Å²) >= 11 is 0. The Hall–Kier alpha value is -1.60. The van der Waals surface area contributed by atoms with E-state index < -0.39 is 0 Å². The molecule has 1 aromatic rings. The number of anilines is 1. The number of nitrogens with zero attached hydrogens (tertiary/aromatic N) is 3. The zero-order valence-electron chi connectivity index (χ0n) is 10.9. The Morgan fingerprint density at radius 1 is 1.56 bits per heavy atom. The molecule has 4 nitrogen and oxygen atoms in total. The predicted octanol–water partition coefficient (Wildman–Crippen LogP) is 2.24. The molecule has 0 unspecified atom stereocenters. The van der Waals surface area contributed by atoms with Crippen molar-refractivity contribution in [3.8, 4) is 6.07 Å². The molecule has 1 aliphatic heterocycles. The Morgan fingerprint density at radius 2 is 2.44 bits per heavy atom. The van der Waals surface area contributed by atoms with Crippen LogP contribution in [0.25, 0.3) is 0 Å². The molecule has 1 saturated heterocycles. The van der Waals surface area contributed by atoms with E-state index in [2.05, 4.69) is 28.2 Å². The normalized spacial score (nSPS) is 20.3. The fourth-order valence-corrected chi connectivity index (χ4v) is 2.53. The molecule has 2 heterocycles. The fourth-order valence-electron chi connectivity index (χ4n) is 2.53. The van der Waals surface area contributed by atoms with E-state index in [1.165, 1.54) is 25.8 Å². The van der Waals surface area contributed by atoms with E-state index in [1.54, 1.807) is 18.3 Å². The van der Waals surface area contributed by atoms with Gasteiger partial charge in [-0.3, -0.25) is 4.90 Å². The molecule has 96 valence electrons. The minimum atomic E-state index is 0.594. The zero-order valence-corrected chi connectivity index (χ0v) is 10.9. The number of likely N-dealkylation sites (N-methyl/N-ethyl adjacent to an activating group) is 1. The molecule has 0 bridgehead atoms. The van der Waals surface area contributed by atoms with Gasteiger partial charge in [0.05, 0.1) is 11.6 Å². The first-order valence-corrected chi connectivity index (χ1v) is 6.67. The van der Waals surface area contributed by atoms with Crippen molar-refractivity contribution in [2.45, 2.75) is 32.2 Å². The highest BCUT2D eigenvalue weighted by Crippen LogP contribution is 2.17. The number of nitrogens with one attached hydrogen (secondary N) is 1. The third kappa shape index (κ3) is 3.21. The van der Waals surface area contributed by atoms with Crippen LogP contribution in [0.1, 0.15) is 31.7 Å². The molecule has 0 aromatic carbocycles. The first kappa shape index (κ1) is 12.8. The molecule has 0 amide bonds. The van der Waals surface area contributed by atoms with Gasteiger partial charge in [0.2, 0.25) is 0 Å². The Labute approximate surface area is 109 Å². The third-order valence-electron chi connectivity index (χ3n) is 3.56. The average molecular weight is 244 g/mol. The minimum Gasteiger partial charge on any atom is -0.368 e. The molecular formula is C14H20N4. The largest absolute Gasteiger partial charge is 0.368 e. The van der Waals surface area contributed by atoms with Gasteiger partial charge in [-0.1, -0.05) is 13.3 Å². The maximum Gasteiger partial charge on any atom is 0.127 e. The van der Waals surface area contributed by atoms with Crippen LogP contribution in [0.3, 0.4) is 0 Å². The number of nitriles is 1. The molecule has 1 aromatic heterocycles. The quantitative estimate of drug-likeness (QED) is 0.882. The summed E-state index contributed by atoms with van der Waals surface area (Å²) in [6.45, 7) is 5.44. The van der Waals surface area contributed by atoms with Crippen molar-refractivity contribution in [3.05, 3.63) is 23.9 Å². The van der Waals surface area contributed by atoms with Gasteiger partial charge < -0.3 is 5.32 Å². The van der Waals surface area contributed by atoms with Crippen molar-refractivity contribution in [1.82, 2.24) is 9.88 Å². The topological polar surface area (TPSA) is 52.0 Å². The van der Waals surface area contributed by atoms with Gasteiger partial charge in [0.15, 0.2) is 0 Å². The van der Waals surface area contributed by atoms with Crippen molar-refractivity contribution < 1.29 is 0 Å². The minimum absolute atomic E-state index is 0.594. The first-order valence-electron chi connectivity index (χ1n) is 6.67. The number of likely N-dealkylation sites (tertiary alicyclic amines) is 1. The lowest BCUT2D eigenvalue weighted by molar-refractivity contribution is 0.164. The molecule has 0 saturated carbocycles. The van der Waals surface area contributed by atoms with Gasteiger partial charge >= 0.3 is 0 Å². The van der Waals surface area contributed by atoms with Crippen LogP contribution in [0, 0.1) is 11.3 Å². The Kier molecular flexibility index (Phi) is 4.54. The highest BCUT2D eigenvalue weighted by atomic mass is 15.2. The monoisotopic (exact) mass is 244 g/mol. The van der Waals surface area contributed by atoms with Gasteiger partial charge in [0.1, 0.15) is 5.82 Å². The van der Waals surface area contributed by atoms with Crippen molar-refractivity contribution >= 4 is 5.82 Å². The second-order valence-electron chi connectivity index (χ2n) is 4.70. The zero-order chi connectivity index (χ0) is 12.8. The van der Waals surface area contributed by atoms with Gasteiger partial charge in [-0.25, -0.2) is 4.98 Å². The van der Waals surface area contributed by atoms with Gasteiger partial charge in [0.25, 0.3) is 0 Å². The summed E-state index contributed by atoms with van der Waals surface area (Å²) in [6.07, 6.45) is 5.55. The number of piperidine rings is 1. The molecule has 1 N–H and O–H groups in total. The molecule has 2 rings (SSSR count). The summed E-state index contributed by atoms with van der Waals surface area (Å²) in [4.78, 5) is 6.76. The summed E-state index contributed by atoms with van der Waals surface area (Å²) in [5.74, 6) is 0.802. The molecule has 1 fully saturated rings. The van der Waals surface area contributed by atoms with E-state index in [1.807, 2.05) is 0 Å². The summed E-state index contributed by atoms with van der Waals surface area (Å²) in [6, 6.07) is 6.26. The van der Waals surface area contributed by atoms with E-state index in [9.17, 15) is 0 Å². The van der Waals surface area contributed by atoms with Crippen LogP contribution in [0.5, 0.6) is 0 Å². The average Bonchev–Trinajstić information content (AvgIpc) is 2.45. The molecule has 4 heteroatoms. The van der Waals surface area contributed by atoms with Crippen molar-refractivity contribution in [1.29, 1.82) is 5.26 Å². The first-order chi connectivity index (χ1) is 8.83. The smallest absolute Gasteiger partial charge is 0.127 e. The number of aromatic nitrogens is 1. The lowest BCUT2D eigenvalue weighted by Crippen LogP contribution is -2.43. The third-order valence-corrected chi connectivity index (χ3v) is 3.56. The highest BCUT2D eigenvalue weighted by molar-refractivity contribution is 5.42. The maximum atomic E-state index is 8.85. The van der Waals surface area contributed by atoms with Crippen LogP contribution in [-0.4, -0.2) is 35.6 Å². The van der Waals surface area contributed by atoms with Crippen LogP contribution in [-0.2, 0) is 0 Å². The molecule has 1 aliphatic rings. The molecule has 18 heavy (non-hydrogen) atoms. The van der Waals surface area contributed by atoms with Crippen LogP contribution in [0.4, 0.5) is 5.82 Å². The Bertz CT molecular complexity index is 424. The van der Waals surface area contributed by atoms with Crippen molar-refractivity contribution in [3.63, 3.8) is 0 Å². The van der Waals surface area contributed by atoms with Crippen molar-refractivity contribution in [2.24, 2.45) is 0 Å². The molecule has 1 atom stereocenters. The highest BCUT2D eigenvalue weighted by Gasteiger charge is 2.20. The fraction of sp³-hybridized carbons (Fsp3) is 0.571. The Morgan fingerprint density at radius 3 is 3.22 bits per heavy atom. The van der Waals surface area contributed by atoms with Crippen LogP contribution in [0.15, 0.2) is 18.3 Å². The number of pyridine rings is 1. The lowest BCUT2D eigenvalue weighted by Gasteiger charge is -2.35. The molecule has 0 aliphatic carbocycles. The summed E-state index contributed by atoms with van der Waals surface area (Å²) in [5, 5.41) is 12.2. The van der Waals surface area contributed by atoms with E-state index in [4.69, 9.17) is 5.26 Å². The number of hydrogen-bond acceptors (Lipinski definition) is 4. The summed E-state index contributed by atoms with van der Waals surface area (Å²) in [5.41, 5.74) is 0.656. The number of rotatable bonds is 4. The molecule has 0 spiro atoms. The van der Waals surface area contributed by atoms with Gasteiger partial charge in [-0.2, -0.15) is 5.26 Å². The van der Waals surface area contributed by atoms with E-state index >= 15 is 0 Å². The standard InChI is InChI=1S/C14H20N4/c1-2-18-8-4-3-5-13(18)11-17-14-9-12(10-15)6-7-16-14/h6-7,9,13H,2-5,8,11H2,1H3,(H,16,17)/t13-/m1/s1. The summed E-state index contributed by atoms with van der Waals surface area (Å²) in [7, 11) is 0. The second kappa shape index (κ2) is 6.36. The molecule has 0 radical (unpaired) electrons. The van der Waals surface area contributed by atoms with E-state index in [0.29, 0.717) is 11.6 Å². The van der Waals surface area contributed by atoms with Gasteiger partial charge in [0, 0.05) is 18.8 Å². The van der Waals surface area contributed by atoms with E-state index in [0.717, 1.165) is 18.9 Å². The van der Waals surface area contributed by atoms with Crippen LogP contribution in [0.2, 0.25) is 0 Å². The lowest BCUT2D eigenvalue weighted by atomic mass is 10.0.